The summed E-state index contributed by atoms with van der Waals surface area (Å²) in [7, 11) is 1.93. The molecule has 0 aliphatic rings. The SMILES string of the molecule is CCN(C)c1nc(-c2ccccc2)ncc1C(=O)NCC(C)C. The van der Waals surface area contributed by atoms with Gasteiger partial charge in [-0.25, -0.2) is 9.97 Å². The van der Waals surface area contributed by atoms with Gasteiger partial charge in [0.15, 0.2) is 5.82 Å². The van der Waals surface area contributed by atoms with E-state index in [1.54, 1.807) is 6.20 Å². The highest BCUT2D eigenvalue weighted by Gasteiger charge is 2.17. The molecule has 0 aliphatic carbocycles. The van der Waals surface area contributed by atoms with Gasteiger partial charge in [0.1, 0.15) is 11.4 Å². The van der Waals surface area contributed by atoms with E-state index in [-0.39, 0.29) is 5.91 Å². The highest BCUT2D eigenvalue weighted by Crippen LogP contribution is 2.21. The summed E-state index contributed by atoms with van der Waals surface area (Å²) in [6.45, 7) is 7.55. The second kappa shape index (κ2) is 7.72. The maximum Gasteiger partial charge on any atom is 0.256 e. The molecule has 0 spiro atoms. The monoisotopic (exact) mass is 312 g/mol. The van der Waals surface area contributed by atoms with E-state index in [1.807, 2.05) is 49.2 Å². The Morgan fingerprint density at radius 2 is 1.96 bits per heavy atom. The topological polar surface area (TPSA) is 58.1 Å². The van der Waals surface area contributed by atoms with Crippen LogP contribution < -0.4 is 10.2 Å². The van der Waals surface area contributed by atoms with Crippen LogP contribution in [0, 0.1) is 5.92 Å². The first-order valence-corrected chi connectivity index (χ1v) is 7.94. The van der Waals surface area contributed by atoms with Crippen molar-refractivity contribution in [2.75, 3.05) is 25.0 Å². The van der Waals surface area contributed by atoms with Crippen molar-refractivity contribution < 1.29 is 4.79 Å². The number of aromatic nitrogens is 2. The first-order chi connectivity index (χ1) is 11.0. The van der Waals surface area contributed by atoms with Gasteiger partial charge in [0.2, 0.25) is 0 Å². The van der Waals surface area contributed by atoms with Crippen molar-refractivity contribution in [3.8, 4) is 11.4 Å². The predicted octanol–water partition coefficient (Wildman–Crippen LogP) is 2.99. The third kappa shape index (κ3) is 4.28. The van der Waals surface area contributed by atoms with E-state index in [0.29, 0.717) is 29.7 Å². The lowest BCUT2D eigenvalue weighted by atomic mass is 10.2. The van der Waals surface area contributed by atoms with Gasteiger partial charge in [-0.05, 0) is 12.8 Å². The van der Waals surface area contributed by atoms with E-state index in [4.69, 9.17) is 0 Å². The Hall–Kier alpha value is -2.43. The normalized spacial score (nSPS) is 10.7. The van der Waals surface area contributed by atoms with E-state index in [1.165, 1.54) is 0 Å². The van der Waals surface area contributed by atoms with Crippen molar-refractivity contribution in [2.24, 2.45) is 5.92 Å². The van der Waals surface area contributed by atoms with E-state index in [2.05, 4.69) is 29.1 Å². The fourth-order valence-corrected chi connectivity index (χ4v) is 2.09. The van der Waals surface area contributed by atoms with Gasteiger partial charge in [-0.3, -0.25) is 4.79 Å². The Kier molecular flexibility index (Phi) is 5.68. The minimum Gasteiger partial charge on any atom is -0.359 e. The van der Waals surface area contributed by atoms with Crippen molar-refractivity contribution in [1.29, 1.82) is 0 Å². The molecule has 0 bridgehead atoms. The summed E-state index contributed by atoms with van der Waals surface area (Å²) in [5.41, 5.74) is 1.45. The molecule has 1 N–H and O–H groups in total. The second-order valence-corrected chi connectivity index (χ2v) is 5.91. The van der Waals surface area contributed by atoms with E-state index in [0.717, 1.165) is 12.1 Å². The van der Waals surface area contributed by atoms with E-state index >= 15 is 0 Å². The number of hydrogen-bond acceptors (Lipinski definition) is 4. The second-order valence-electron chi connectivity index (χ2n) is 5.91. The van der Waals surface area contributed by atoms with Crippen molar-refractivity contribution in [2.45, 2.75) is 20.8 Å². The summed E-state index contributed by atoms with van der Waals surface area (Å²) < 4.78 is 0. The van der Waals surface area contributed by atoms with Gasteiger partial charge in [-0.2, -0.15) is 0 Å². The van der Waals surface area contributed by atoms with E-state index in [9.17, 15) is 4.79 Å². The smallest absolute Gasteiger partial charge is 0.256 e. The van der Waals surface area contributed by atoms with Crippen molar-refractivity contribution in [3.63, 3.8) is 0 Å². The van der Waals surface area contributed by atoms with Gasteiger partial charge in [0, 0.05) is 31.9 Å². The van der Waals surface area contributed by atoms with Crippen LogP contribution in [0.25, 0.3) is 11.4 Å². The lowest BCUT2D eigenvalue weighted by molar-refractivity contribution is 0.0949. The molecule has 0 fully saturated rings. The molecule has 0 unspecified atom stereocenters. The Balaban J connectivity index is 2.37. The lowest BCUT2D eigenvalue weighted by Gasteiger charge is -2.20. The Bertz CT molecular complexity index is 655. The fourth-order valence-electron chi connectivity index (χ4n) is 2.09. The third-order valence-corrected chi connectivity index (χ3v) is 3.55. The average molecular weight is 312 g/mol. The largest absolute Gasteiger partial charge is 0.359 e. The van der Waals surface area contributed by atoms with Crippen molar-refractivity contribution in [3.05, 3.63) is 42.1 Å². The van der Waals surface area contributed by atoms with Crippen LogP contribution in [0.3, 0.4) is 0 Å². The van der Waals surface area contributed by atoms with Gasteiger partial charge in [0.05, 0.1) is 0 Å². The van der Waals surface area contributed by atoms with Crippen molar-refractivity contribution >= 4 is 11.7 Å². The summed E-state index contributed by atoms with van der Waals surface area (Å²) in [4.78, 5) is 23.4. The number of hydrogen-bond donors (Lipinski definition) is 1. The zero-order valence-electron chi connectivity index (χ0n) is 14.2. The minimum atomic E-state index is -0.131. The molecule has 2 aromatic rings. The first kappa shape index (κ1) is 16.9. The van der Waals surface area contributed by atoms with Gasteiger partial charge in [-0.1, -0.05) is 44.2 Å². The summed E-state index contributed by atoms with van der Waals surface area (Å²) >= 11 is 0. The number of nitrogens with zero attached hydrogens (tertiary/aromatic N) is 3. The first-order valence-electron chi connectivity index (χ1n) is 7.94. The molecule has 0 aliphatic heterocycles. The predicted molar refractivity (Wildman–Crippen MR) is 93.6 cm³/mol. The number of carbonyl (C=O) groups excluding carboxylic acids is 1. The lowest BCUT2D eigenvalue weighted by Crippen LogP contribution is -2.30. The van der Waals surface area contributed by atoms with Gasteiger partial charge < -0.3 is 10.2 Å². The average Bonchev–Trinajstić information content (AvgIpc) is 2.59. The summed E-state index contributed by atoms with van der Waals surface area (Å²) in [5, 5.41) is 2.93. The number of amides is 1. The number of anilines is 1. The molecule has 5 nitrogen and oxygen atoms in total. The standard InChI is InChI=1S/C18H24N4O/c1-5-22(4)17-15(18(23)20-11-13(2)3)12-19-16(21-17)14-9-7-6-8-10-14/h6-10,12-13H,5,11H2,1-4H3,(H,20,23). The summed E-state index contributed by atoms with van der Waals surface area (Å²) in [5.74, 6) is 1.55. The van der Waals surface area contributed by atoms with Crippen LogP contribution in [-0.4, -0.2) is 36.0 Å². The van der Waals surface area contributed by atoms with Crippen LogP contribution in [0.5, 0.6) is 0 Å². The molecule has 0 radical (unpaired) electrons. The maximum atomic E-state index is 12.4. The number of carbonyl (C=O) groups is 1. The molecule has 122 valence electrons. The van der Waals surface area contributed by atoms with Gasteiger partial charge >= 0.3 is 0 Å². The highest BCUT2D eigenvalue weighted by molar-refractivity contribution is 5.98. The summed E-state index contributed by atoms with van der Waals surface area (Å²) in [6.07, 6.45) is 1.62. The number of rotatable bonds is 6. The molecule has 1 heterocycles. The minimum absolute atomic E-state index is 0.131. The zero-order chi connectivity index (χ0) is 16.8. The molecule has 2 rings (SSSR count). The molecule has 1 aromatic carbocycles. The Labute approximate surface area is 137 Å². The maximum absolute atomic E-state index is 12.4. The molecule has 0 saturated heterocycles. The molecule has 23 heavy (non-hydrogen) atoms. The zero-order valence-corrected chi connectivity index (χ0v) is 14.2. The Morgan fingerprint density at radius 3 is 2.57 bits per heavy atom. The van der Waals surface area contributed by atoms with Gasteiger partial charge in [-0.15, -0.1) is 0 Å². The third-order valence-electron chi connectivity index (χ3n) is 3.55. The van der Waals surface area contributed by atoms with Gasteiger partial charge in [0.25, 0.3) is 5.91 Å². The van der Waals surface area contributed by atoms with E-state index < -0.39 is 0 Å². The molecule has 0 atom stereocenters. The number of benzene rings is 1. The molecule has 1 aromatic heterocycles. The Morgan fingerprint density at radius 1 is 1.26 bits per heavy atom. The summed E-state index contributed by atoms with van der Waals surface area (Å²) in [6, 6.07) is 9.78. The fraction of sp³-hybridized carbons (Fsp3) is 0.389. The molecule has 0 saturated carbocycles. The molecule has 1 amide bonds. The van der Waals surface area contributed by atoms with Crippen LogP contribution >= 0.6 is 0 Å². The van der Waals surface area contributed by atoms with Crippen LogP contribution in [0.2, 0.25) is 0 Å². The van der Waals surface area contributed by atoms with Crippen molar-refractivity contribution in [1.82, 2.24) is 15.3 Å². The molecular weight excluding hydrogens is 288 g/mol. The highest BCUT2D eigenvalue weighted by atomic mass is 16.1. The molecular formula is C18H24N4O. The molecule has 5 heteroatoms. The van der Waals surface area contributed by atoms with Crippen LogP contribution in [0.4, 0.5) is 5.82 Å². The number of nitrogens with one attached hydrogen (secondary N) is 1. The quantitative estimate of drug-likeness (QED) is 0.891. The van der Waals surface area contributed by atoms with Crippen LogP contribution in [0.1, 0.15) is 31.1 Å². The van der Waals surface area contributed by atoms with Crippen LogP contribution in [0.15, 0.2) is 36.5 Å². The van der Waals surface area contributed by atoms with Crippen LogP contribution in [-0.2, 0) is 0 Å².